The molecule has 0 fully saturated rings. The maximum atomic E-state index is 11.5. The Morgan fingerprint density at radius 3 is 2.84 bits per heavy atom. The first kappa shape index (κ1) is 13.8. The summed E-state index contributed by atoms with van der Waals surface area (Å²) in [7, 11) is 1.40. The average Bonchev–Trinajstić information content (AvgIpc) is 2.62. The molecule has 2 rings (SSSR count). The lowest BCUT2D eigenvalue weighted by Gasteiger charge is -2.10. The molecular weight excluding hydrogens is 304 g/mol. The molecule has 0 atom stereocenters. The standard InChI is InChI=1S/C16H15BrO2/c1-11-10-13(16(18)19-2)7-9-15(11)12-4-3-5-14(17)8-6-12/h3-5,7-10H,6H2,1-2H3. The summed E-state index contributed by atoms with van der Waals surface area (Å²) in [6.45, 7) is 2.01. The van der Waals surface area contributed by atoms with Crippen molar-refractivity contribution in [3.63, 3.8) is 0 Å². The van der Waals surface area contributed by atoms with Gasteiger partial charge in [-0.2, -0.15) is 0 Å². The van der Waals surface area contributed by atoms with Crippen molar-refractivity contribution in [2.24, 2.45) is 0 Å². The van der Waals surface area contributed by atoms with Gasteiger partial charge in [-0.1, -0.05) is 40.2 Å². The van der Waals surface area contributed by atoms with E-state index in [1.807, 2.05) is 37.3 Å². The summed E-state index contributed by atoms with van der Waals surface area (Å²) in [5.74, 6) is -0.299. The molecule has 19 heavy (non-hydrogen) atoms. The maximum absolute atomic E-state index is 11.5. The number of hydrogen-bond acceptors (Lipinski definition) is 2. The third kappa shape index (κ3) is 3.24. The van der Waals surface area contributed by atoms with Crippen LogP contribution in [-0.4, -0.2) is 13.1 Å². The quantitative estimate of drug-likeness (QED) is 0.755. The summed E-state index contributed by atoms with van der Waals surface area (Å²) in [6.07, 6.45) is 9.14. The molecule has 1 aliphatic carbocycles. The van der Waals surface area contributed by atoms with Crippen LogP contribution in [0.15, 0.2) is 47.0 Å². The van der Waals surface area contributed by atoms with Gasteiger partial charge in [0.15, 0.2) is 0 Å². The second kappa shape index (κ2) is 6.02. The number of carbonyl (C=O) groups excluding carboxylic acids is 1. The van der Waals surface area contributed by atoms with Crippen molar-refractivity contribution >= 4 is 27.5 Å². The van der Waals surface area contributed by atoms with Gasteiger partial charge in [0.25, 0.3) is 0 Å². The lowest BCUT2D eigenvalue weighted by atomic mass is 9.96. The largest absolute Gasteiger partial charge is 0.465 e. The summed E-state index contributed by atoms with van der Waals surface area (Å²) in [5, 5.41) is 0. The van der Waals surface area contributed by atoms with Crippen LogP contribution in [0.1, 0.15) is 27.9 Å². The molecule has 1 aromatic rings. The molecular formula is C16H15BrO2. The number of rotatable bonds is 2. The predicted molar refractivity (Wildman–Crippen MR) is 81.3 cm³/mol. The summed E-state index contributed by atoms with van der Waals surface area (Å²) < 4.78 is 5.82. The minimum atomic E-state index is -0.299. The van der Waals surface area contributed by atoms with Gasteiger partial charge >= 0.3 is 5.97 Å². The van der Waals surface area contributed by atoms with Crippen LogP contribution >= 0.6 is 15.9 Å². The van der Waals surface area contributed by atoms with Crippen molar-refractivity contribution in [3.05, 3.63) is 63.7 Å². The number of halogens is 1. The van der Waals surface area contributed by atoms with Crippen molar-refractivity contribution in [3.8, 4) is 0 Å². The van der Waals surface area contributed by atoms with Crippen molar-refractivity contribution in [2.75, 3.05) is 7.11 Å². The van der Waals surface area contributed by atoms with E-state index in [9.17, 15) is 4.79 Å². The van der Waals surface area contributed by atoms with Crippen molar-refractivity contribution in [2.45, 2.75) is 13.3 Å². The molecule has 0 saturated carbocycles. The van der Waals surface area contributed by atoms with Crippen LogP contribution in [0.3, 0.4) is 0 Å². The number of hydrogen-bond donors (Lipinski definition) is 0. The third-order valence-electron chi connectivity index (χ3n) is 3.06. The molecule has 1 aliphatic rings. The van der Waals surface area contributed by atoms with Gasteiger partial charge in [0.2, 0.25) is 0 Å². The number of aryl methyl sites for hydroxylation is 1. The Morgan fingerprint density at radius 2 is 2.16 bits per heavy atom. The van der Waals surface area contributed by atoms with E-state index in [1.54, 1.807) is 0 Å². The van der Waals surface area contributed by atoms with E-state index in [2.05, 4.69) is 28.1 Å². The Labute approximate surface area is 121 Å². The van der Waals surface area contributed by atoms with Crippen LogP contribution in [0.4, 0.5) is 0 Å². The Kier molecular flexibility index (Phi) is 4.38. The zero-order chi connectivity index (χ0) is 13.8. The van der Waals surface area contributed by atoms with E-state index >= 15 is 0 Å². The first-order valence-corrected chi connectivity index (χ1v) is 6.83. The molecule has 0 bridgehead atoms. The highest BCUT2D eigenvalue weighted by Crippen LogP contribution is 2.27. The van der Waals surface area contributed by atoms with Gasteiger partial charge < -0.3 is 4.74 Å². The molecule has 1 aromatic carbocycles. The SMILES string of the molecule is COC(=O)c1ccc(C2=CC=CC(Br)=CC2)c(C)c1. The Bertz CT molecular complexity index is 592. The Balaban J connectivity index is 2.34. The molecule has 2 nitrogen and oxygen atoms in total. The molecule has 0 saturated heterocycles. The van der Waals surface area contributed by atoms with Gasteiger partial charge in [0, 0.05) is 4.48 Å². The summed E-state index contributed by atoms with van der Waals surface area (Å²) >= 11 is 3.48. The number of allylic oxidation sites excluding steroid dienone is 6. The zero-order valence-corrected chi connectivity index (χ0v) is 12.5. The number of methoxy groups -OCH3 is 1. The average molecular weight is 319 g/mol. The van der Waals surface area contributed by atoms with Crippen LogP contribution in [0.2, 0.25) is 0 Å². The minimum Gasteiger partial charge on any atom is -0.465 e. The summed E-state index contributed by atoms with van der Waals surface area (Å²) in [6, 6.07) is 5.66. The number of ether oxygens (including phenoxy) is 1. The highest BCUT2D eigenvalue weighted by molar-refractivity contribution is 9.11. The van der Waals surface area contributed by atoms with Crippen molar-refractivity contribution in [1.82, 2.24) is 0 Å². The second-order valence-corrected chi connectivity index (χ2v) is 5.28. The van der Waals surface area contributed by atoms with Crippen LogP contribution in [-0.2, 0) is 4.74 Å². The van der Waals surface area contributed by atoms with Crippen molar-refractivity contribution in [1.29, 1.82) is 0 Å². The van der Waals surface area contributed by atoms with Gasteiger partial charge in [-0.3, -0.25) is 0 Å². The number of esters is 1. The lowest BCUT2D eigenvalue weighted by molar-refractivity contribution is 0.0600. The molecule has 0 radical (unpaired) electrons. The summed E-state index contributed by atoms with van der Waals surface area (Å²) in [5.41, 5.74) is 4.06. The minimum absolute atomic E-state index is 0.299. The monoisotopic (exact) mass is 318 g/mol. The topological polar surface area (TPSA) is 26.3 Å². The van der Waals surface area contributed by atoms with E-state index in [0.717, 1.165) is 22.0 Å². The highest BCUT2D eigenvalue weighted by atomic mass is 79.9. The second-order valence-electron chi connectivity index (χ2n) is 4.37. The van der Waals surface area contributed by atoms with Gasteiger partial charge in [0.1, 0.15) is 0 Å². The third-order valence-corrected chi connectivity index (χ3v) is 3.65. The maximum Gasteiger partial charge on any atom is 0.337 e. The molecule has 0 spiro atoms. The van der Waals surface area contributed by atoms with Crippen LogP contribution in [0, 0.1) is 6.92 Å². The molecule has 0 aliphatic heterocycles. The first-order chi connectivity index (χ1) is 9.11. The van der Waals surface area contributed by atoms with E-state index in [-0.39, 0.29) is 5.97 Å². The van der Waals surface area contributed by atoms with E-state index in [0.29, 0.717) is 5.56 Å². The van der Waals surface area contributed by atoms with Gasteiger partial charge in [-0.25, -0.2) is 4.79 Å². The number of benzene rings is 1. The predicted octanol–water partition coefficient (Wildman–Crippen LogP) is 4.40. The molecule has 3 heteroatoms. The molecule has 0 unspecified atom stereocenters. The Hall–Kier alpha value is -1.61. The first-order valence-electron chi connectivity index (χ1n) is 6.04. The van der Waals surface area contributed by atoms with E-state index in [1.165, 1.54) is 12.7 Å². The normalized spacial score (nSPS) is 14.5. The number of carbonyl (C=O) groups is 1. The zero-order valence-electron chi connectivity index (χ0n) is 10.9. The van der Waals surface area contributed by atoms with E-state index in [4.69, 9.17) is 4.74 Å². The summed E-state index contributed by atoms with van der Waals surface area (Å²) in [4.78, 5) is 11.5. The Morgan fingerprint density at radius 1 is 1.37 bits per heavy atom. The van der Waals surface area contributed by atoms with Gasteiger partial charge in [0.05, 0.1) is 12.7 Å². The van der Waals surface area contributed by atoms with Gasteiger partial charge in [-0.15, -0.1) is 0 Å². The molecule has 0 amide bonds. The van der Waals surface area contributed by atoms with Crippen LogP contribution in [0.5, 0.6) is 0 Å². The van der Waals surface area contributed by atoms with Crippen LogP contribution in [0.25, 0.3) is 5.57 Å². The fraction of sp³-hybridized carbons (Fsp3) is 0.188. The molecule has 0 heterocycles. The van der Waals surface area contributed by atoms with E-state index < -0.39 is 0 Å². The van der Waals surface area contributed by atoms with Crippen LogP contribution < -0.4 is 0 Å². The smallest absolute Gasteiger partial charge is 0.337 e. The lowest BCUT2D eigenvalue weighted by Crippen LogP contribution is -2.02. The van der Waals surface area contributed by atoms with Gasteiger partial charge in [-0.05, 0) is 48.3 Å². The fourth-order valence-electron chi connectivity index (χ4n) is 2.07. The highest BCUT2D eigenvalue weighted by Gasteiger charge is 2.10. The molecule has 0 N–H and O–H groups in total. The van der Waals surface area contributed by atoms with Crippen molar-refractivity contribution < 1.29 is 9.53 Å². The molecule has 98 valence electrons. The molecule has 0 aromatic heterocycles. The fourth-order valence-corrected chi connectivity index (χ4v) is 2.38.